The average molecular weight is 295 g/mol. The zero-order chi connectivity index (χ0) is 15.8. The second-order valence-electron chi connectivity index (χ2n) is 4.96. The van der Waals surface area contributed by atoms with Crippen molar-refractivity contribution in [3.63, 3.8) is 0 Å². The second-order valence-corrected chi connectivity index (χ2v) is 4.96. The molecule has 0 aliphatic rings. The van der Waals surface area contributed by atoms with Gasteiger partial charge in [-0.3, -0.25) is 9.59 Å². The highest BCUT2D eigenvalue weighted by Crippen LogP contribution is 2.25. The molecule has 0 aliphatic carbocycles. The van der Waals surface area contributed by atoms with Crippen LogP contribution in [0, 0.1) is 5.92 Å². The molecular weight excluding hydrogens is 274 g/mol. The van der Waals surface area contributed by atoms with Crippen molar-refractivity contribution in [3.05, 3.63) is 24.3 Å². The molecule has 6 nitrogen and oxygen atoms in total. The monoisotopic (exact) mass is 295 g/mol. The third-order valence-electron chi connectivity index (χ3n) is 2.97. The lowest BCUT2D eigenvalue weighted by molar-refractivity contribution is -0.138. The van der Waals surface area contributed by atoms with Gasteiger partial charge >= 0.3 is 5.97 Å². The molecule has 0 spiro atoms. The summed E-state index contributed by atoms with van der Waals surface area (Å²) in [6.45, 7) is 3.52. The van der Waals surface area contributed by atoms with E-state index >= 15 is 0 Å². The number of benzene rings is 1. The van der Waals surface area contributed by atoms with E-state index in [-0.39, 0.29) is 24.9 Å². The van der Waals surface area contributed by atoms with Gasteiger partial charge in [0, 0.05) is 6.04 Å². The highest BCUT2D eigenvalue weighted by Gasteiger charge is 2.19. The lowest BCUT2D eigenvalue weighted by Crippen LogP contribution is -2.42. The van der Waals surface area contributed by atoms with E-state index < -0.39 is 12.0 Å². The first-order valence-corrected chi connectivity index (χ1v) is 6.71. The Balaban J connectivity index is 2.54. The smallest absolute Gasteiger partial charge is 0.305 e. The van der Waals surface area contributed by atoms with Crippen molar-refractivity contribution >= 4 is 11.9 Å². The number of rotatable bonds is 8. The van der Waals surface area contributed by atoms with Gasteiger partial charge in [0.25, 0.3) is 5.91 Å². The molecule has 21 heavy (non-hydrogen) atoms. The van der Waals surface area contributed by atoms with Crippen LogP contribution in [0.15, 0.2) is 24.3 Å². The van der Waals surface area contributed by atoms with Crippen LogP contribution in [0.2, 0.25) is 0 Å². The van der Waals surface area contributed by atoms with E-state index in [1.54, 1.807) is 24.3 Å². The number of aliphatic carboxylic acids is 1. The summed E-state index contributed by atoms with van der Waals surface area (Å²) in [6, 6.07) is 6.58. The summed E-state index contributed by atoms with van der Waals surface area (Å²) in [5, 5.41) is 11.5. The number of nitrogens with one attached hydrogen (secondary N) is 1. The minimum Gasteiger partial charge on any atom is -0.493 e. The summed E-state index contributed by atoms with van der Waals surface area (Å²) in [6.07, 6.45) is -0.113. The number of para-hydroxylation sites is 2. The molecule has 1 aromatic carbocycles. The first-order chi connectivity index (χ1) is 9.93. The Morgan fingerprint density at radius 3 is 2.38 bits per heavy atom. The van der Waals surface area contributed by atoms with Crippen LogP contribution in [-0.4, -0.2) is 36.7 Å². The third kappa shape index (κ3) is 5.72. The molecule has 1 amide bonds. The van der Waals surface area contributed by atoms with Crippen molar-refractivity contribution in [3.8, 4) is 11.5 Å². The second kappa shape index (κ2) is 8.14. The van der Waals surface area contributed by atoms with Crippen LogP contribution in [-0.2, 0) is 9.59 Å². The van der Waals surface area contributed by atoms with Crippen molar-refractivity contribution in [1.82, 2.24) is 5.32 Å². The number of hydrogen-bond acceptors (Lipinski definition) is 4. The Morgan fingerprint density at radius 2 is 1.86 bits per heavy atom. The molecule has 1 atom stereocenters. The van der Waals surface area contributed by atoms with Crippen LogP contribution in [0.1, 0.15) is 20.3 Å². The van der Waals surface area contributed by atoms with Gasteiger partial charge in [-0.25, -0.2) is 0 Å². The SMILES string of the molecule is COc1ccccc1OCC(=O)NC(CC(=O)O)C(C)C. The minimum absolute atomic E-state index is 0.0244. The summed E-state index contributed by atoms with van der Waals surface area (Å²) in [4.78, 5) is 22.6. The van der Waals surface area contributed by atoms with Gasteiger partial charge in [0.1, 0.15) is 0 Å². The zero-order valence-corrected chi connectivity index (χ0v) is 12.5. The van der Waals surface area contributed by atoms with Gasteiger partial charge in [-0.2, -0.15) is 0 Å². The van der Waals surface area contributed by atoms with Crippen LogP contribution in [0.5, 0.6) is 11.5 Å². The maximum Gasteiger partial charge on any atom is 0.305 e. The molecule has 1 aromatic rings. The summed E-state index contributed by atoms with van der Waals surface area (Å²) in [5.41, 5.74) is 0. The number of methoxy groups -OCH3 is 1. The molecule has 116 valence electrons. The van der Waals surface area contributed by atoms with E-state index in [0.717, 1.165) is 0 Å². The first kappa shape index (κ1) is 16.8. The minimum atomic E-state index is -0.945. The third-order valence-corrected chi connectivity index (χ3v) is 2.97. The topological polar surface area (TPSA) is 84.9 Å². The number of hydrogen-bond donors (Lipinski definition) is 2. The van der Waals surface area contributed by atoms with Crippen LogP contribution in [0.3, 0.4) is 0 Å². The molecule has 0 heterocycles. The quantitative estimate of drug-likeness (QED) is 0.762. The van der Waals surface area contributed by atoms with Crippen LogP contribution in [0.4, 0.5) is 0 Å². The number of amides is 1. The first-order valence-electron chi connectivity index (χ1n) is 6.71. The molecule has 0 radical (unpaired) electrons. The molecule has 1 unspecified atom stereocenters. The van der Waals surface area contributed by atoms with Crippen molar-refractivity contribution < 1.29 is 24.2 Å². The normalized spacial score (nSPS) is 11.8. The van der Waals surface area contributed by atoms with Gasteiger partial charge in [-0.1, -0.05) is 26.0 Å². The van der Waals surface area contributed by atoms with E-state index in [0.29, 0.717) is 11.5 Å². The van der Waals surface area contributed by atoms with E-state index in [4.69, 9.17) is 14.6 Å². The van der Waals surface area contributed by atoms with Gasteiger partial charge in [0.15, 0.2) is 18.1 Å². The Hall–Kier alpha value is -2.24. The fraction of sp³-hybridized carbons (Fsp3) is 0.467. The van der Waals surface area contributed by atoms with E-state index in [9.17, 15) is 9.59 Å². The van der Waals surface area contributed by atoms with Crippen LogP contribution >= 0.6 is 0 Å². The zero-order valence-electron chi connectivity index (χ0n) is 12.5. The predicted molar refractivity (Wildman–Crippen MR) is 77.5 cm³/mol. The maximum absolute atomic E-state index is 11.8. The molecule has 0 saturated carbocycles. The van der Waals surface area contributed by atoms with E-state index in [1.165, 1.54) is 7.11 Å². The van der Waals surface area contributed by atoms with Crippen molar-refractivity contribution in [2.75, 3.05) is 13.7 Å². The van der Waals surface area contributed by atoms with Crippen molar-refractivity contribution in [2.24, 2.45) is 5.92 Å². The number of ether oxygens (including phenoxy) is 2. The fourth-order valence-corrected chi connectivity index (χ4v) is 1.77. The average Bonchev–Trinajstić information content (AvgIpc) is 2.44. The fourth-order valence-electron chi connectivity index (χ4n) is 1.77. The molecule has 0 bridgehead atoms. The molecule has 0 saturated heterocycles. The number of carboxylic acids is 1. The Bertz CT molecular complexity index is 487. The lowest BCUT2D eigenvalue weighted by Gasteiger charge is -2.20. The van der Waals surface area contributed by atoms with Gasteiger partial charge in [0.05, 0.1) is 13.5 Å². The van der Waals surface area contributed by atoms with Gasteiger partial charge < -0.3 is 19.9 Å². The lowest BCUT2D eigenvalue weighted by atomic mass is 10.0. The number of carbonyl (C=O) groups excluding carboxylic acids is 1. The summed E-state index contributed by atoms with van der Waals surface area (Å²) in [5.74, 6) is -0.275. The summed E-state index contributed by atoms with van der Waals surface area (Å²) in [7, 11) is 1.52. The van der Waals surface area contributed by atoms with Crippen molar-refractivity contribution in [1.29, 1.82) is 0 Å². The number of carboxylic acid groups (broad SMARTS) is 1. The molecular formula is C15H21NO5. The van der Waals surface area contributed by atoms with Crippen molar-refractivity contribution in [2.45, 2.75) is 26.3 Å². The summed E-state index contributed by atoms with van der Waals surface area (Å²) < 4.78 is 10.5. The Kier molecular flexibility index (Phi) is 6.52. The predicted octanol–water partition coefficient (Wildman–Crippen LogP) is 1.69. The Labute approximate surface area is 124 Å². The largest absolute Gasteiger partial charge is 0.493 e. The van der Waals surface area contributed by atoms with Gasteiger partial charge in [0.2, 0.25) is 0 Å². The highest BCUT2D eigenvalue weighted by molar-refractivity contribution is 5.79. The molecule has 0 fully saturated rings. The standard InChI is InChI=1S/C15H21NO5/c1-10(2)11(8-15(18)19)16-14(17)9-21-13-7-5-4-6-12(13)20-3/h4-7,10-11H,8-9H2,1-3H3,(H,16,17)(H,18,19). The molecule has 6 heteroatoms. The summed E-state index contributed by atoms with van der Waals surface area (Å²) >= 11 is 0. The van der Waals surface area contributed by atoms with E-state index in [1.807, 2.05) is 13.8 Å². The van der Waals surface area contributed by atoms with Crippen LogP contribution < -0.4 is 14.8 Å². The molecule has 0 aliphatic heterocycles. The number of carbonyl (C=O) groups is 2. The van der Waals surface area contributed by atoms with E-state index in [2.05, 4.69) is 5.32 Å². The molecule has 2 N–H and O–H groups in total. The molecule has 1 rings (SSSR count). The molecule has 0 aromatic heterocycles. The maximum atomic E-state index is 11.8. The van der Waals surface area contributed by atoms with Crippen LogP contribution in [0.25, 0.3) is 0 Å². The van der Waals surface area contributed by atoms with Gasteiger partial charge in [-0.15, -0.1) is 0 Å². The highest BCUT2D eigenvalue weighted by atomic mass is 16.5. The van der Waals surface area contributed by atoms with Gasteiger partial charge in [-0.05, 0) is 18.1 Å². The Morgan fingerprint density at radius 1 is 1.24 bits per heavy atom.